The lowest BCUT2D eigenvalue weighted by Crippen LogP contribution is -2.40. The molecule has 8 rings (SSSR count). The third-order valence-corrected chi connectivity index (χ3v) is 10.3. The first-order valence-electron chi connectivity index (χ1n) is 16.4. The molecule has 0 N–H and O–H groups in total. The number of hydrogen-bond donors (Lipinski definition) is 0. The highest BCUT2D eigenvalue weighted by molar-refractivity contribution is 7.17. The Hall–Kier alpha value is -4.98. The number of rotatable bonds is 2. The van der Waals surface area contributed by atoms with Crippen molar-refractivity contribution in [3.63, 3.8) is 0 Å². The molecule has 6 heterocycles. The molecule has 3 aliphatic rings. The van der Waals surface area contributed by atoms with Gasteiger partial charge in [0.15, 0.2) is 0 Å². The molecule has 1 unspecified atom stereocenters. The molecular weight excluding hydrogens is 663 g/mol. The molecule has 1 amide bonds. The summed E-state index contributed by atoms with van der Waals surface area (Å²) in [5.74, 6) is -1.68. The molecular formula is C37H34F2N6O4S. The standard InChI is InChI=1S/C37H34F2N6O4S/c1-4-32(46)44-8-9-45-29(21(44)2)18-28(42-45)36-34-33-26(39)16-23(38)17-31(33)49-13-12-47-10-5-6-11-48-30-19-27-22(20-43(3)41-27)15-25(30)35(40-36)24-7-14-50-37(24)34/h4-7,14-18,20-21,30H,1,8-13,19H2,2-3H3/b6-5+/t21-,30?/m0/s1. The lowest BCUT2D eigenvalue weighted by atomic mass is 9.89. The highest BCUT2D eigenvalue weighted by Crippen LogP contribution is 2.48. The minimum Gasteiger partial charge on any atom is -0.490 e. The van der Waals surface area contributed by atoms with Crippen LogP contribution >= 0.6 is 11.3 Å². The van der Waals surface area contributed by atoms with Crippen LogP contribution in [0.1, 0.15) is 35.6 Å². The monoisotopic (exact) mass is 696 g/mol. The number of carbonyl (C=O) groups is 1. The van der Waals surface area contributed by atoms with Crippen molar-refractivity contribution < 1.29 is 27.8 Å². The fourth-order valence-corrected chi connectivity index (χ4v) is 7.97. The summed E-state index contributed by atoms with van der Waals surface area (Å²) in [4.78, 5) is 19.8. The zero-order chi connectivity index (χ0) is 34.5. The molecule has 4 aromatic heterocycles. The lowest BCUT2D eigenvalue weighted by Gasteiger charge is -2.33. The summed E-state index contributed by atoms with van der Waals surface area (Å²) in [6.07, 6.45) is 9.27. The second kappa shape index (κ2) is 13.0. The third-order valence-electron chi connectivity index (χ3n) is 9.34. The topological polar surface area (TPSA) is 96.5 Å². The van der Waals surface area contributed by atoms with E-state index in [0.29, 0.717) is 55.4 Å². The largest absolute Gasteiger partial charge is 0.490 e. The smallest absolute Gasteiger partial charge is 0.246 e. The fraction of sp³-hybridized carbons (Fsp3) is 0.297. The van der Waals surface area contributed by atoms with Gasteiger partial charge in [-0.05, 0) is 36.6 Å². The van der Waals surface area contributed by atoms with Gasteiger partial charge in [-0.2, -0.15) is 10.2 Å². The van der Waals surface area contributed by atoms with Gasteiger partial charge in [-0.1, -0.05) is 18.7 Å². The Morgan fingerprint density at radius 2 is 1.94 bits per heavy atom. The molecule has 0 radical (unpaired) electrons. The number of hydrogen-bond acceptors (Lipinski definition) is 8. The zero-order valence-corrected chi connectivity index (χ0v) is 28.4. The van der Waals surface area contributed by atoms with Gasteiger partial charge in [0.2, 0.25) is 5.91 Å². The molecule has 1 aromatic carbocycles. The van der Waals surface area contributed by atoms with E-state index in [9.17, 15) is 9.18 Å². The number of aromatic nitrogens is 5. The molecule has 256 valence electrons. The van der Waals surface area contributed by atoms with Crippen molar-refractivity contribution in [1.82, 2.24) is 29.4 Å². The van der Waals surface area contributed by atoms with E-state index in [1.807, 2.05) is 54.5 Å². The molecule has 50 heavy (non-hydrogen) atoms. The molecule has 0 saturated heterocycles. The van der Waals surface area contributed by atoms with Crippen LogP contribution in [0.3, 0.4) is 0 Å². The van der Waals surface area contributed by atoms with Gasteiger partial charge in [0.25, 0.3) is 0 Å². The normalized spacial score (nSPS) is 19.8. The number of fused-ring (bicyclic) bond motifs is 6. The van der Waals surface area contributed by atoms with Crippen LogP contribution in [0.4, 0.5) is 8.78 Å². The van der Waals surface area contributed by atoms with E-state index < -0.39 is 11.6 Å². The highest BCUT2D eigenvalue weighted by atomic mass is 32.1. The van der Waals surface area contributed by atoms with E-state index >= 15 is 4.39 Å². The molecule has 0 spiro atoms. The zero-order valence-electron chi connectivity index (χ0n) is 27.6. The Bertz CT molecular complexity index is 2220. The first-order chi connectivity index (χ1) is 24.3. The van der Waals surface area contributed by atoms with E-state index in [-0.39, 0.29) is 42.6 Å². The van der Waals surface area contributed by atoms with Gasteiger partial charge >= 0.3 is 0 Å². The number of halogens is 2. The minimum atomic E-state index is -0.787. The van der Waals surface area contributed by atoms with Gasteiger partial charge in [-0.15, -0.1) is 11.3 Å². The van der Waals surface area contributed by atoms with Gasteiger partial charge < -0.3 is 19.1 Å². The average molecular weight is 697 g/mol. The maximum atomic E-state index is 16.3. The Balaban J connectivity index is 1.41. The van der Waals surface area contributed by atoms with E-state index in [2.05, 4.69) is 17.8 Å². The number of carbonyl (C=O) groups excluding carboxylic acids is 1. The summed E-state index contributed by atoms with van der Waals surface area (Å²) in [5, 5.41) is 12.4. The summed E-state index contributed by atoms with van der Waals surface area (Å²) in [7, 11) is 1.89. The fourth-order valence-electron chi connectivity index (χ4n) is 7.02. The summed E-state index contributed by atoms with van der Waals surface area (Å²) in [6.45, 7) is 7.45. The number of thiophene rings is 1. The first-order valence-corrected chi connectivity index (χ1v) is 17.3. The van der Waals surface area contributed by atoms with Crippen LogP contribution in [0.15, 0.2) is 60.6 Å². The van der Waals surface area contributed by atoms with E-state index in [4.69, 9.17) is 24.3 Å². The van der Waals surface area contributed by atoms with Crippen molar-refractivity contribution in [1.29, 1.82) is 0 Å². The molecule has 2 aliphatic heterocycles. The SMILES string of the molecule is C=CC(=O)N1CCn2nc(-c3nc4c5ccsc5c3-c3c(F)cc(F)cc3OCCOC/C=C/COC3Cc5nn(C)cc5C=C43)cc2[C@@H]1C. The van der Waals surface area contributed by atoms with Gasteiger partial charge in [0.1, 0.15) is 35.4 Å². The van der Waals surface area contributed by atoms with Crippen LogP contribution in [-0.4, -0.2) is 74.4 Å². The average Bonchev–Trinajstić information content (AvgIpc) is 3.84. The number of ether oxygens (including phenoxy) is 3. The predicted molar refractivity (Wildman–Crippen MR) is 186 cm³/mol. The van der Waals surface area contributed by atoms with Crippen molar-refractivity contribution in [2.75, 3.05) is 33.0 Å². The number of aryl methyl sites for hydroxylation is 1. The maximum Gasteiger partial charge on any atom is 0.246 e. The number of amides is 1. The highest BCUT2D eigenvalue weighted by Gasteiger charge is 2.34. The predicted octanol–water partition coefficient (Wildman–Crippen LogP) is 6.37. The van der Waals surface area contributed by atoms with Gasteiger partial charge in [-0.25, -0.2) is 13.8 Å². The van der Waals surface area contributed by atoms with Crippen LogP contribution in [0.2, 0.25) is 0 Å². The number of benzene rings is 1. The maximum absolute atomic E-state index is 16.3. The van der Waals surface area contributed by atoms with Crippen molar-refractivity contribution in [3.05, 3.63) is 94.9 Å². The van der Waals surface area contributed by atoms with Crippen molar-refractivity contribution in [2.45, 2.75) is 32.0 Å². The van der Waals surface area contributed by atoms with Crippen molar-refractivity contribution >= 4 is 39.0 Å². The molecule has 0 fully saturated rings. The van der Waals surface area contributed by atoms with Crippen LogP contribution < -0.4 is 4.74 Å². The van der Waals surface area contributed by atoms with Crippen LogP contribution in [0.25, 0.3) is 44.3 Å². The lowest BCUT2D eigenvalue weighted by molar-refractivity contribution is -0.129. The van der Waals surface area contributed by atoms with E-state index in [1.165, 1.54) is 23.5 Å². The Kier molecular flexibility index (Phi) is 8.41. The quantitative estimate of drug-likeness (QED) is 0.156. The first kappa shape index (κ1) is 32.2. The number of nitrogens with zero attached hydrogens (tertiary/aromatic N) is 6. The Morgan fingerprint density at radius 1 is 1.08 bits per heavy atom. The molecule has 13 heteroatoms. The molecule has 1 aliphatic carbocycles. The summed E-state index contributed by atoms with van der Waals surface area (Å²) < 4.78 is 53.7. The molecule has 2 bridgehead atoms. The summed E-state index contributed by atoms with van der Waals surface area (Å²) in [5.41, 5.74) is 5.62. The van der Waals surface area contributed by atoms with E-state index in [1.54, 1.807) is 9.58 Å². The number of pyridine rings is 1. The van der Waals surface area contributed by atoms with Crippen LogP contribution in [0.5, 0.6) is 5.75 Å². The second-order valence-corrected chi connectivity index (χ2v) is 13.3. The third kappa shape index (κ3) is 5.64. The molecule has 2 atom stereocenters. The molecule has 5 aromatic rings. The molecule has 0 saturated carbocycles. The van der Waals surface area contributed by atoms with Gasteiger partial charge in [0.05, 0.1) is 61.2 Å². The Labute approximate surface area is 290 Å². The van der Waals surface area contributed by atoms with Crippen LogP contribution in [-0.2, 0) is 34.3 Å². The second-order valence-electron chi connectivity index (χ2n) is 12.4. The van der Waals surface area contributed by atoms with Crippen LogP contribution in [0, 0.1) is 11.6 Å². The molecule has 10 nitrogen and oxygen atoms in total. The van der Waals surface area contributed by atoms with Gasteiger partial charge in [-0.3, -0.25) is 14.2 Å². The summed E-state index contributed by atoms with van der Waals surface area (Å²) >= 11 is 1.43. The van der Waals surface area contributed by atoms with Gasteiger partial charge in [0, 0.05) is 65.1 Å². The van der Waals surface area contributed by atoms with Crippen molar-refractivity contribution in [3.8, 4) is 28.3 Å². The Morgan fingerprint density at radius 3 is 2.80 bits per heavy atom. The summed E-state index contributed by atoms with van der Waals surface area (Å²) in [6, 6.07) is 5.62. The van der Waals surface area contributed by atoms with Crippen molar-refractivity contribution in [2.24, 2.45) is 7.05 Å². The minimum absolute atomic E-state index is 0.0367. The van der Waals surface area contributed by atoms with E-state index in [0.717, 1.165) is 38.7 Å².